The molecule has 0 saturated carbocycles. The highest BCUT2D eigenvalue weighted by Crippen LogP contribution is 2.19. The normalized spacial score (nSPS) is 12.8. The topological polar surface area (TPSA) is 63.3 Å². The van der Waals surface area contributed by atoms with E-state index < -0.39 is 5.97 Å². The van der Waals surface area contributed by atoms with Gasteiger partial charge in [0, 0.05) is 5.92 Å². The Balaban J connectivity index is 2.73. The molecule has 0 spiro atoms. The minimum atomic E-state index is -1.04. The fourth-order valence-electron chi connectivity index (χ4n) is 1.17. The lowest BCUT2D eigenvalue weighted by Crippen LogP contribution is -1.98. The molecule has 0 fully saturated rings. The Labute approximate surface area is 76.6 Å². The number of carboxylic acids is 1. The van der Waals surface area contributed by atoms with Gasteiger partial charge in [-0.25, -0.2) is 9.78 Å². The van der Waals surface area contributed by atoms with Crippen molar-refractivity contribution in [3.63, 3.8) is 0 Å². The first-order chi connectivity index (χ1) is 6.15. The summed E-state index contributed by atoms with van der Waals surface area (Å²) in [7, 11) is 0. The molecule has 0 unspecified atom stereocenters. The zero-order valence-corrected chi connectivity index (χ0v) is 7.78. The number of aromatic carboxylic acids is 1. The molecule has 72 valence electrons. The van der Waals surface area contributed by atoms with Gasteiger partial charge >= 0.3 is 5.97 Å². The monoisotopic (exact) mass is 183 g/mol. The highest BCUT2D eigenvalue weighted by molar-refractivity contribution is 5.84. The number of hydrogen-bond donors (Lipinski definition) is 1. The predicted octanol–water partition coefficient (Wildman–Crippen LogP) is 2.28. The quantitative estimate of drug-likeness (QED) is 0.777. The van der Waals surface area contributed by atoms with Crippen molar-refractivity contribution in [3.8, 4) is 0 Å². The molecule has 0 amide bonds. The third-order valence-electron chi connectivity index (χ3n) is 1.88. The van der Waals surface area contributed by atoms with Gasteiger partial charge in [-0.05, 0) is 6.42 Å². The van der Waals surface area contributed by atoms with Gasteiger partial charge in [0.25, 0.3) is 0 Å². The van der Waals surface area contributed by atoms with E-state index in [2.05, 4.69) is 11.9 Å². The molecule has 0 bridgehead atoms. The number of rotatable bonds is 4. The maximum Gasteiger partial charge on any atom is 0.357 e. The standard InChI is InChI=1S/C9H13NO3/c1-3-4-6(2)8-10-7(5-13-8)9(11)12/h5-6H,3-4H2,1-2H3,(H,11,12)/t6-/m1/s1. The van der Waals surface area contributed by atoms with Crippen molar-refractivity contribution in [2.75, 3.05) is 0 Å². The molecule has 1 rings (SSSR count). The first-order valence-electron chi connectivity index (χ1n) is 4.33. The minimum absolute atomic E-state index is 0.0158. The average molecular weight is 183 g/mol. The first-order valence-corrected chi connectivity index (χ1v) is 4.33. The van der Waals surface area contributed by atoms with E-state index in [0.29, 0.717) is 5.89 Å². The lowest BCUT2D eigenvalue weighted by Gasteiger charge is -2.02. The Morgan fingerprint density at radius 3 is 2.92 bits per heavy atom. The van der Waals surface area contributed by atoms with E-state index in [-0.39, 0.29) is 11.6 Å². The van der Waals surface area contributed by atoms with Gasteiger partial charge in [0.2, 0.25) is 0 Å². The zero-order chi connectivity index (χ0) is 9.84. The number of hydrogen-bond acceptors (Lipinski definition) is 3. The van der Waals surface area contributed by atoms with Crippen molar-refractivity contribution in [1.29, 1.82) is 0 Å². The van der Waals surface area contributed by atoms with Crippen LogP contribution < -0.4 is 0 Å². The molecule has 4 nitrogen and oxygen atoms in total. The third-order valence-corrected chi connectivity index (χ3v) is 1.88. The van der Waals surface area contributed by atoms with Crippen molar-refractivity contribution in [2.45, 2.75) is 32.6 Å². The van der Waals surface area contributed by atoms with E-state index in [0.717, 1.165) is 12.8 Å². The van der Waals surface area contributed by atoms with Crippen LogP contribution in [0.4, 0.5) is 0 Å². The lowest BCUT2D eigenvalue weighted by molar-refractivity contribution is 0.0690. The summed E-state index contributed by atoms with van der Waals surface area (Å²) in [6, 6.07) is 0. The number of nitrogens with zero attached hydrogens (tertiary/aromatic N) is 1. The van der Waals surface area contributed by atoms with Crippen LogP contribution in [0.2, 0.25) is 0 Å². The van der Waals surface area contributed by atoms with Gasteiger partial charge in [-0.1, -0.05) is 20.3 Å². The van der Waals surface area contributed by atoms with Crippen molar-refractivity contribution in [3.05, 3.63) is 17.8 Å². The summed E-state index contributed by atoms with van der Waals surface area (Å²) >= 11 is 0. The van der Waals surface area contributed by atoms with Gasteiger partial charge < -0.3 is 9.52 Å². The Hall–Kier alpha value is -1.32. The Morgan fingerprint density at radius 1 is 1.77 bits per heavy atom. The molecule has 1 aromatic heterocycles. The van der Waals surface area contributed by atoms with Crippen molar-refractivity contribution in [2.24, 2.45) is 0 Å². The summed E-state index contributed by atoms with van der Waals surface area (Å²) in [5.41, 5.74) is -0.0158. The summed E-state index contributed by atoms with van der Waals surface area (Å²) in [5, 5.41) is 8.59. The molecule has 13 heavy (non-hydrogen) atoms. The van der Waals surface area contributed by atoms with Gasteiger partial charge in [0.15, 0.2) is 11.6 Å². The van der Waals surface area contributed by atoms with Gasteiger partial charge in [-0.3, -0.25) is 0 Å². The van der Waals surface area contributed by atoms with E-state index >= 15 is 0 Å². The van der Waals surface area contributed by atoms with Gasteiger partial charge in [-0.2, -0.15) is 0 Å². The molecule has 1 heterocycles. The Kier molecular flexibility index (Phi) is 3.06. The molecule has 1 atom stereocenters. The second-order valence-corrected chi connectivity index (χ2v) is 3.07. The molecule has 0 saturated heterocycles. The van der Waals surface area contributed by atoms with Crippen LogP contribution >= 0.6 is 0 Å². The number of carboxylic acid groups (broad SMARTS) is 1. The summed E-state index contributed by atoms with van der Waals surface area (Å²) in [4.78, 5) is 14.3. The molecule has 0 aliphatic rings. The van der Waals surface area contributed by atoms with Crippen LogP contribution in [0.1, 0.15) is 49.0 Å². The zero-order valence-electron chi connectivity index (χ0n) is 7.78. The number of oxazole rings is 1. The molecule has 1 aromatic rings. The molecule has 0 radical (unpaired) electrons. The van der Waals surface area contributed by atoms with E-state index in [4.69, 9.17) is 9.52 Å². The first kappa shape index (κ1) is 9.77. The van der Waals surface area contributed by atoms with Crippen LogP contribution in [0.25, 0.3) is 0 Å². The molecule has 0 aliphatic carbocycles. The highest BCUT2D eigenvalue weighted by atomic mass is 16.4. The number of aromatic nitrogens is 1. The summed E-state index contributed by atoms with van der Waals surface area (Å²) in [6.45, 7) is 4.04. The van der Waals surface area contributed by atoms with Crippen LogP contribution in [0.15, 0.2) is 10.7 Å². The smallest absolute Gasteiger partial charge is 0.357 e. The fourth-order valence-corrected chi connectivity index (χ4v) is 1.17. The van der Waals surface area contributed by atoms with Crippen molar-refractivity contribution in [1.82, 2.24) is 4.98 Å². The fraction of sp³-hybridized carbons (Fsp3) is 0.556. The summed E-state index contributed by atoms with van der Waals surface area (Å²) in [5.74, 6) is -0.337. The van der Waals surface area contributed by atoms with Crippen LogP contribution in [0.3, 0.4) is 0 Å². The second-order valence-electron chi connectivity index (χ2n) is 3.07. The third kappa shape index (κ3) is 2.31. The predicted molar refractivity (Wildman–Crippen MR) is 46.8 cm³/mol. The Morgan fingerprint density at radius 2 is 2.46 bits per heavy atom. The van der Waals surface area contributed by atoms with Crippen molar-refractivity contribution >= 4 is 5.97 Å². The van der Waals surface area contributed by atoms with Crippen molar-refractivity contribution < 1.29 is 14.3 Å². The Bertz CT molecular complexity index is 293. The maximum atomic E-state index is 10.5. The van der Waals surface area contributed by atoms with Gasteiger partial charge in [-0.15, -0.1) is 0 Å². The van der Waals surface area contributed by atoms with Gasteiger partial charge in [0.1, 0.15) is 6.26 Å². The SMILES string of the molecule is CCC[C@@H](C)c1nc(C(=O)O)co1. The number of carbonyl (C=O) groups is 1. The van der Waals surface area contributed by atoms with E-state index in [1.807, 2.05) is 6.92 Å². The van der Waals surface area contributed by atoms with Crippen LogP contribution in [-0.2, 0) is 0 Å². The van der Waals surface area contributed by atoms with E-state index in [1.54, 1.807) is 0 Å². The molecular weight excluding hydrogens is 170 g/mol. The van der Waals surface area contributed by atoms with Gasteiger partial charge in [0.05, 0.1) is 0 Å². The molecule has 4 heteroatoms. The molecule has 0 aromatic carbocycles. The summed E-state index contributed by atoms with van der Waals surface area (Å²) < 4.78 is 5.05. The van der Waals surface area contributed by atoms with E-state index in [9.17, 15) is 4.79 Å². The lowest BCUT2D eigenvalue weighted by atomic mass is 10.1. The minimum Gasteiger partial charge on any atom is -0.476 e. The maximum absolute atomic E-state index is 10.5. The van der Waals surface area contributed by atoms with Crippen LogP contribution in [0, 0.1) is 0 Å². The largest absolute Gasteiger partial charge is 0.476 e. The molecule has 0 aliphatic heterocycles. The second kappa shape index (κ2) is 4.07. The summed E-state index contributed by atoms with van der Waals surface area (Å²) in [6.07, 6.45) is 3.18. The average Bonchev–Trinajstić information content (AvgIpc) is 2.52. The highest BCUT2D eigenvalue weighted by Gasteiger charge is 2.14. The van der Waals surface area contributed by atoms with Crippen LogP contribution in [-0.4, -0.2) is 16.1 Å². The van der Waals surface area contributed by atoms with E-state index in [1.165, 1.54) is 6.26 Å². The molecule has 1 N–H and O–H groups in total. The molecular formula is C9H13NO3. The van der Waals surface area contributed by atoms with Crippen LogP contribution in [0.5, 0.6) is 0 Å².